The van der Waals surface area contributed by atoms with Crippen molar-refractivity contribution in [2.75, 3.05) is 5.32 Å². The molecule has 1 aromatic heterocycles. The van der Waals surface area contributed by atoms with Crippen LogP contribution in [0, 0.1) is 0 Å². The number of aromatic nitrogens is 1. The number of anilines is 1. The molecule has 2 nitrogen and oxygen atoms in total. The lowest BCUT2D eigenvalue weighted by molar-refractivity contribution is 0.372. The Labute approximate surface area is 126 Å². The molecule has 0 amide bonds. The fourth-order valence-corrected chi connectivity index (χ4v) is 3.27. The van der Waals surface area contributed by atoms with Crippen molar-refractivity contribution in [2.24, 2.45) is 0 Å². The average molecular weight is 338 g/mol. The normalized spacial score (nSPS) is 21.8. The van der Waals surface area contributed by atoms with Gasteiger partial charge in [-0.15, -0.1) is 0 Å². The van der Waals surface area contributed by atoms with Gasteiger partial charge in [-0.3, -0.25) is 0 Å². The second kappa shape index (κ2) is 5.51. The Morgan fingerprint density at radius 3 is 2.63 bits per heavy atom. The molecule has 1 aromatic carbocycles. The highest BCUT2D eigenvalue weighted by Crippen LogP contribution is 2.41. The lowest BCUT2D eigenvalue weighted by atomic mass is 9.76. The van der Waals surface area contributed by atoms with Crippen molar-refractivity contribution in [3.05, 3.63) is 57.7 Å². The van der Waals surface area contributed by atoms with E-state index in [9.17, 15) is 0 Å². The van der Waals surface area contributed by atoms with Crippen LogP contribution in [0.25, 0.3) is 0 Å². The minimum absolute atomic E-state index is 0.489. The molecule has 4 heteroatoms. The molecule has 1 N–H and O–H groups in total. The summed E-state index contributed by atoms with van der Waals surface area (Å²) in [6, 6.07) is 14.6. The monoisotopic (exact) mass is 336 g/mol. The molecule has 0 unspecified atom stereocenters. The van der Waals surface area contributed by atoms with Crippen molar-refractivity contribution in [3.63, 3.8) is 0 Å². The maximum absolute atomic E-state index is 5.88. The number of hydrogen-bond donors (Lipinski definition) is 1. The van der Waals surface area contributed by atoms with Gasteiger partial charge in [0.2, 0.25) is 0 Å². The quantitative estimate of drug-likeness (QED) is 0.809. The number of benzene rings is 1. The summed E-state index contributed by atoms with van der Waals surface area (Å²) in [5.74, 6) is 1.50. The summed E-state index contributed by atoms with van der Waals surface area (Å²) in [7, 11) is 0. The Kier molecular flexibility index (Phi) is 3.76. The number of hydrogen-bond acceptors (Lipinski definition) is 2. The van der Waals surface area contributed by atoms with Crippen LogP contribution in [0.2, 0.25) is 5.15 Å². The molecule has 3 rings (SSSR count). The SMILES string of the molecule is Clc1cccc(NC2CC(c3ccccc3Br)C2)n1. The van der Waals surface area contributed by atoms with Gasteiger partial charge in [0.15, 0.2) is 0 Å². The van der Waals surface area contributed by atoms with Crippen molar-refractivity contribution in [1.29, 1.82) is 0 Å². The van der Waals surface area contributed by atoms with Gasteiger partial charge < -0.3 is 5.32 Å². The molecule has 0 radical (unpaired) electrons. The molecule has 1 saturated carbocycles. The summed E-state index contributed by atoms with van der Waals surface area (Å²) in [6.07, 6.45) is 2.27. The number of halogens is 2. The number of nitrogens with zero attached hydrogens (tertiary/aromatic N) is 1. The minimum Gasteiger partial charge on any atom is -0.367 e. The van der Waals surface area contributed by atoms with E-state index in [1.54, 1.807) is 6.07 Å². The third-order valence-corrected chi connectivity index (χ3v) is 4.48. The maximum Gasteiger partial charge on any atom is 0.131 e. The van der Waals surface area contributed by atoms with Crippen LogP contribution in [0.1, 0.15) is 24.3 Å². The predicted octanol–water partition coefficient (Wildman–Crippen LogP) is 4.86. The average Bonchev–Trinajstić information content (AvgIpc) is 2.35. The standard InChI is InChI=1S/C15H14BrClN2/c16-13-5-2-1-4-12(13)10-8-11(9-10)18-15-7-3-6-14(17)19-15/h1-7,10-11H,8-9H2,(H,18,19). The lowest BCUT2D eigenvalue weighted by Gasteiger charge is -2.37. The van der Waals surface area contributed by atoms with E-state index in [-0.39, 0.29) is 0 Å². The van der Waals surface area contributed by atoms with Crippen molar-refractivity contribution >= 4 is 33.3 Å². The fraction of sp³-hybridized carbons (Fsp3) is 0.267. The molecule has 19 heavy (non-hydrogen) atoms. The molecular formula is C15H14BrClN2. The van der Waals surface area contributed by atoms with E-state index >= 15 is 0 Å². The molecule has 0 bridgehead atoms. The van der Waals surface area contributed by atoms with Gasteiger partial charge in [0.05, 0.1) is 0 Å². The number of rotatable bonds is 3. The first kappa shape index (κ1) is 12.9. The molecule has 2 aromatic rings. The van der Waals surface area contributed by atoms with Crippen LogP contribution in [0.3, 0.4) is 0 Å². The highest BCUT2D eigenvalue weighted by atomic mass is 79.9. The Morgan fingerprint density at radius 2 is 1.89 bits per heavy atom. The van der Waals surface area contributed by atoms with Gasteiger partial charge in [-0.1, -0.05) is 51.8 Å². The third kappa shape index (κ3) is 2.93. The topological polar surface area (TPSA) is 24.9 Å². The number of nitrogens with one attached hydrogen (secondary N) is 1. The molecule has 1 heterocycles. The second-order valence-corrected chi connectivity index (χ2v) is 6.12. The zero-order chi connectivity index (χ0) is 13.2. The van der Waals surface area contributed by atoms with Gasteiger partial charge in [0.1, 0.15) is 11.0 Å². The summed E-state index contributed by atoms with van der Waals surface area (Å²) in [5, 5.41) is 3.96. The first-order valence-electron chi connectivity index (χ1n) is 6.36. The summed E-state index contributed by atoms with van der Waals surface area (Å²) in [5.41, 5.74) is 1.40. The van der Waals surface area contributed by atoms with E-state index in [1.807, 2.05) is 12.1 Å². The molecular weight excluding hydrogens is 324 g/mol. The highest BCUT2D eigenvalue weighted by Gasteiger charge is 2.31. The minimum atomic E-state index is 0.489. The summed E-state index contributed by atoms with van der Waals surface area (Å²) in [4.78, 5) is 4.26. The molecule has 0 atom stereocenters. The summed E-state index contributed by atoms with van der Waals surface area (Å²) in [6.45, 7) is 0. The maximum atomic E-state index is 5.88. The highest BCUT2D eigenvalue weighted by molar-refractivity contribution is 9.10. The van der Waals surface area contributed by atoms with Gasteiger partial charge in [-0.05, 0) is 42.5 Å². The van der Waals surface area contributed by atoms with Crippen LogP contribution in [-0.4, -0.2) is 11.0 Å². The van der Waals surface area contributed by atoms with Crippen molar-refractivity contribution < 1.29 is 0 Å². The Hall–Kier alpha value is -1.06. The van der Waals surface area contributed by atoms with Gasteiger partial charge in [-0.25, -0.2) is 4.98 Å². The van der Waals surface area contributed by atoms with Crippen LogP contribution in [-0.2, 0) is 0 Å². The van der Waals surface area contributed by atoms with Gasteiger partial charge in [0.25, 0.3) is 0 Å². The molecule has 1 fully saturated rings. The van der Waals surface area contributed by atoms with Gasteiger partial charge in [-0.2, -0.15) is 0 Å². The van der Waals surface area contributed by atoms with E-state index in [0.717, 1.165) is 18.7 Å². The third-order valence-electron chi connectivity index (χ3n) is 3.55. The van der Waals surface area contributed by atoms with E-state index in [2.05, 4.69) is 50.5 Å². The van der Waals surface area contributed by atoms with E-state index in [4.69, 9.17) is 11.6 Å². The van der Waals surface area contributed by atoms with Gasteiger partial charge in [0, 0.05) is 10.5 Å². The van der Waals surface area contributed by atoms with E-state index in [0.29, 0.717) is 17.1 Å². The van der Waals surface area contributed by atoms with Crippen LogP contribution in [0.15, 0.2) is 46.9 Å². The predicted molar refractivity (Wildman–Crippen MR) is 82.8 cm³/mol. The molecule has 1 aliphatic rings. The Balaban J connectivity index is 1.60. The molecule has 0 aliphatic heterocycles. The van der Waals surface area contributed by atoms with Crippen molar-refractivity contribution in [2.45, 2.75) is 24.8 Å². The smallest absolute Gasteiger partial charge is 0.131 e. The van der Waals surface area contributed by atoms with E-state index < -0.39 is 0 Å². The van der Waals surface area contributed by atoms with Gasteiger partial charge >= 0.3 is 0 Å². The Bertz CT molecular complexity index is 582. The first-order valence-corrected chi connectivity index (χ1v) is 7.53. The second-order valence-electron chi connectivity index (χ2n) is 4.88. The Morgan fingerprint density at radius 1 is 1.11 bits per heavy atom. The number of pyridine rings is 1. The fourth-order valence-electron chi connectivity index (χ4n) is 2.49. The molecule has 0 spiro atoms. The summed E-state index contributed by atoms with van der Waals surface area (Å²) >= 11 is 9.50. The van der Waals surface area contributed by atoms with Crippen LogP contribution >= 0.6 is 27.5 Å². The zero-order valence-electron chi connectivity index (χ0n) is 10.3. The zero-order valence-corrected chi connectivity index (χ0v) is 12.7. The van der Waals surface area contributed by atoms with Crippen molar-refractivity contribution in [1.82, 2.24) is 4.98 Å². The van der Waals surface area contributed by atoms with E-state index in [1.165, 1.54) is 10.0 Å². The van der Waals surface area contributed by atoms with Crippen LogP contribution in [0.4, 0.5) is 5.82 Å². The summed E-state index contributed by atoms with van der Waals surface area (Å²) < 4.78 is 1.21. The van der Waals surface area contributed by atoms with Crippen LogP contribution in [0.5, 0.6) is 0 Å². The molecule has 0 saturated heterocycles. The first-order chi connectivity index (χ1) is 9.22. The van der Waals surface area contributed by atoms with Crippen molar-refractivity contribution in [3.8, 4) is 0 Å². The largest absolute Gasteiger partial charge is 0.367 e. The molecule has 98 valence electrons. The molecule has 1 aliphatic carbocycles. The lowest BCUT2D eigenvalue weighted by Crippen LogP contribution is -2.34. The van der Waals surface area contributed by atoms with Crippen LogP contribution < -0.4 is 5.32 Å².